The van der Waals surface area contributed by atoms with Crippen LogP contribution in [0.5, 0.6) is 0 Å². The van der Waals surface area contributed by atoms with Gasteiger partial charge in [0.15, 0.2) is 5.76 Å². The number of nitro groups is 1. The van der Waals surface area contributed by atoms with Gasteiger partial charge in [-0.25, -0.2) is 10.1 Å². The van der Waals surface area contributed by atoms with Crippen LogP contribution in [-0.2, 0) is 17.6 Å². The first-order valence-electron chi connectivity index (χ1n) is 8.77. The lowest BCUT2D eigenvalue weighted by Gasteiger charge is -2.04. The summed E-state index contributed by atoms with van der Waals surface area (Å²) in [7, 11) is 0. The summed E-state index contributed by atoms with van der Waals surface area (Å²) in [6, 6.07) is 8.95. The van der Waals surface area contributed by atoms with Gasteiger partial charge in [0.2, 0.25) is 5.91 Å². The van der Waals surface area contributed by atoms with E-state index in [4.69, 9.17) is 4.42 Å². The van der Waals surface area contributed by atoms with Crippen molar-refractivity contribution >= 4 is 18.0 Å². The second kappa shape index (κ2) is 7.10. The Kier molecular flexibility index (Phi) is 4.48. The Hall–Kier alpha value is -3.75. The highest BCUT2D eigenvalue weighted by atomic mass is 16.6. The zero-order valence-electron chi connectivity index (χ0n) is 15.1. The van der Waals surface area contributed by atoms with Crippen molar-refractivity contribution in [1.82, 2.24) is 15.2 Å². The summed E-state index contributed by atoms with van der Waals surface area (Å²) in [5, 5.41) is 19.3. The van der Waals surface area contributed by atoms with Gasteiger partial charge >= 0.3 is 5.88 Å². The van der Waals surface area contributed by atoms with E-state index in [1.807, 2.05) is 6.07 Å². The Morgan fingerprint density at radius 3 is 2.89 bits per heavy atom. The van der Waals surface area contributed by atoms with Crippen molar-refractivity contribution in [3.8, 4) is 17.1 Å². The van der Waals surface area contributed by atoms with Gasteiger partial charge in [0, 0.05) is 18.7 Å². The molecule has 9 nitrogen and oxygen atoms in total. The van der Waals surface area contributed by atoms with Gasteiger partial charge in [0.25, 0.3) is 0 Å². The highest BCUT2D eigenvalue weighted by Gasteiger charge is 2.19. The lowest BCUT2D eigenvalue weighted by molar-refractivity contribution is -0.401. The first kappa shape index (κ1) is 17.7. The number of nitrogens with one attached hydrogen (secondary N) is 1. The molecule has 0 atom stereocenters. The van der Waals surface area contributed by atoms with Crippen molar-refractivity contribution < 1.29 is 14.1 Å². The molecule has 4 rings (SSSR count). The van der Waals surface area contributed by atoms with Gasteiger partial charge < -0.3 is 4.42 Å². The summed E-state index contributed by atoms with van der Waals surface area (Å²) in [5.74, 6) is -0.430. The molecule has 1 amide bonds. The molecule has 28 heavy (non-hydrogen) atoms. The Morgan fingerprint density at radius 2 is 2.14 bits per heavy atom. The number of hydrazone groups is 1. The van der Waals surface area contributed by atoms with Gasteiger partial charge in [-0.1, -0.05) is 6.07 Å². The quantitative estimate of drug-likeness (QED) is 0.416. The Labute approximate surface area is 159 Å². The summed E-state index contributed by atoms with van der Waals surface area (Å²) in [6.07, 6.45) is 6.45. The van der Waals surface area contributed by atoms with Crippen LogP contribution in [0.1, 0.15) is 30.0 Å². The summed E-state index contributed by atoms with van der Waals surface area (Å²) in [5.41, 5.74) is 6.81. The van der Waals surface area contributed by atoms with Gasteiger partial charge in [0.05, 0.1) is 18.0 Å². The third kappa shape index (κ3) is 3.41. The molecule has 2 aromatic heterocycles. The summed E-state index contributed by atoms with van der Waals surface area (Å²) in [6.45, 7) is 1.35. The molecule has 0 bridgehead atoms. The molecule has 3 aromatic rings. The maximum absolute atomic E-state index is 11.1. The number of hydrogen-bond donors (Lipinski definition) is 1. The molecular weight excluding hydrogens is 362 g/mol. The number of amides is 1. The molecule has 0 unspecified atom stereocenters. The molecule has 1 aliphatic carbocycles. The third-order valence-corrected chi connectivity index (χ3v) is 4.52. The Balaban J connectivity index is 1.75. The second-order valence-corrected chi connectivity index (χ2v) is 6.51. The fraction of sp³-hybridized carbons (Fsp3) is 0.211. The molecule has 1 aliphatic rings. The molecule has 0 fully saturated rings. The van der Waals surface area contributed by atoms with Gasteiger partial charge in [-0.15, -0.1) is 0 Å². The van der Waals surface area contributed by atoms with E-state index in [-0.39, 0.29) is 17.6 Å². The predicted molar refractivity (Wildman–Crippen MR) is 101 cm³/mol. The first-order chi connectivity index (χ1) is 13.5. The van der Waals surface area contributed by atoms with Gasteiger partial charge in [-0.2, -0.15) is 10.2 Å². The molecule has 0 saturated heterocycles. The third-order valence-electron chi connectivity index (χ3n) is 4.52. The van der Waals surface area contributed by atoms with Crippen LogP contribution in [0, 0.1) is 10.1 Å². The van der Waals surface area contributed by atoms with Crippen LogP contribution in [0.25, 0.3) is 17.1 Å². The highest BCUT2D eigenvalue weighted by Crippen LogP contribution is 2.29. The van der Waals surface area contributed by atoms with E-state index in [1.165, 1.54) is 36.4 Å². The van der Waals surface area contributed by atoms with Crippen molar-refractivity contribution in [3.05, 3.63) is 63.3 Å². The summed E-state index contributed by atoms with van der Waals surface area (Å²) >= 11 is 0. The van der Waals surface area contributed by atoms with Crippen molar-refractivity contribution in [1.29, 1.82) is 0 Å². The number of aryl methyl sites for hydroxylation is 2. The lowest BCUT2D eigenvalue weighted by Crippen LogP contribution is -2.12. The van der Waals surface area contributed by atoms with Crippen LogP contribution >= 0.6 is 0 Å². The van der Waals surface area contributed by atoms with E-state index in [0.717, 1.165) is 24.9 Å². The van der Waals surface area contributed by atoms with Crippen LogP contribution in [0.2, 0.25) is 0 Å². The zero-order chi connectivity index (χ0) is 19.7. The lowest BCUT2D eigenvalue weighted by atomic mass is 10.1. The van der Waals surface area contributed by atoms with Crippen LogP contribution < -0.4 is 5.43 Å². The highest BCUT2D eigenvalue weighted by molar-refractivity contribution is 5.88. The number of fused-ring (bicyclic) bond motifs is 1. The number of carbonyl (C=O) groups excluding carboxylic acids is 1. The molecule has 1 aromatic carbocycles. The molecule has 142 valence electrons. The van der Waals surface area contributed by atoms with Crippen molar-refractivity contribution in [3.63, 3.8) is 0 Å². The van der Waals surface area contributed by atoms with Crippen LogP contribution in [0.4, 0.5) is 5.88 Å². The monoisotopic (exact) mass is 379 g/mol. The minimum Gasteiger partial charge on any atom is -0.399 e. The Bertz CT molecular complexity index is 1100. The predicted octanol–water partition coefficient (Wildman–Crippen LogP) is 3.00. The summed E-state index contributed by atoms with van der Waals surface area (Å²) in [4.78, 5) is 21.4. The smallest absolute Gasteiger partial charge is 0.399 e. The minimum atomic E-state index is -0.605. The van der Waals surface area contributed by atoms with E-state index in [1.54, 1.807) is 10.9 Å². The number of aromatic nitrogens is 2. The fourth-order valence-corrected chi connectivity index (χ4v) is 3.25. The molecule has 9 heteroatoms. The number of benzene rings is 1. The van der Waals surface area contributed by atoms with Crippen molar-refractivity contribution in [2.45, 2.75) is 26.2 Å². The largest absolute Gasteiger partial charge is 0.433 e. The van der Waals surface area contributed by atoms with Crippen LogP contribution in [0.3, 0.4) is 0 Å². The summed E-state index contributed by atoms with van der Waals surface area (Å²) < 4.78 is 6.98. The molecule has 0 radical (unpaired) electrons. The van der Waals surface area contributed by atoms with Crippen LogP contribution in [-0.4, -0.2) is 26.8 Å². The molecule has 0 spiro atoms. The number of carbonyl (C=O) groups is 1. The van der Waals surface area contributed by atoms with E-state index in [2.05, 4.69) is 27.8 Å². The average molecular weight is 379 g/mol. The topological polar surface area (TPSA) is 116 Å². The normalized spacial score (nSPS) is 13.0. The van der Waals surface area contributed by atoms with Gasteiger partial charge in [-0.05, 0) is 48.6 Å². The average Bonchev–Trinajstić information content (AvgIpc) is 3.39. The van der Waals surface area contributed by atoms with E-state index in [0.29, 0.717) is 11.3 Å². The van der Waals surface area contributed by atoms with E-state index in [9.17, 15) is 14.9 Å². The van der Waals surface area contributed by atoms with Gasteiger partial charge in [0.1, 0.15) is 10.6 Å². The van der Waals surface area contributed by atoms with E-state index >= 15 is 0 Å². The maximum Gasteiger partial charge on any atom is 0.433 e. The van der Waals surface area contributed by atoms with Crippen molar-refractivity contribution in [2.24, 2.45) is 5.10 Å². The zero-order valence-corrected chi connectivity index (χ0v) is 15.1. The molecule has 1 N–H and O–H groups in total. The number of furan rings is 1. The first-order valence-corrected chi connectivity index (χ1v) is 8.77. The minimum absolute atomic E-state index is 0.246. The second-order valence-electron chi connectivity index (χ2n) is 6.51. The number of rotatable bonds is 5. The number of nitrogens with zero attached hydrogens (tertiary/aromatic N) is 4. The molecular formula is C19H17N5O4. The van der Waals surface area contributed by atoms with Crippen molar-refractivity contribution in [2.75, 3.05) is 0 Å². The SMILES string of the molecule is CC(=O)N/N=C/c1cn(-c2ccc3c(c2)CCC3)nc1-c1ccc([N+](=O)[O-])o1. The molecule has 0 aliphatic heterocycles. The number of hydrogen-bond acceptors (Lipinski definition) is 6. The van der Waals surface area contributed by atoms with Crippen LogP contribution in [0.15, 0.2) is 46.0 Å². The van der Waals surface area contributed by atoms with E-state index < -0.39 is 4.92 Å². The standard InChI is InChI=1S/C19H17N5O4/c1-12(25)21-20-10-15-11-23(16-6-5-13-3-2-4-14(13)9-16)22-19(15)17-7-8-18(28-17)24(26)27/h5-11H,2-4H2,1H3,(H,21,25)/b20-10+. The Morgan fingerprint density at radius 1 is 1.32 bits per heavy atom. The maximum atomic E-state index is 11.1. The molecule has 2 heterocycles. The van der Waals surface area contributed by atoms with Gasteiger partial charge in [-0.3, -0.25) is 14.9 Å². The fourth-order valence-electron chi connectivity index (χ4n) is 3.25. The molecule has 0 saturated carbocycles.